The van der Waals surface area contributed by atoms with Crippen LogP contribution in [0.1, 0.15) is 45.3 Å². The topological polar surface area (TPSA) is 160 Å². The molecule has 1 aliphatic heterocycles. The van der Waals surface area contributed by atoms with Gasteiger partial charge in [0.25, 0.3) is 10.0 Å². The maximum absolute atomic E-state index is 13.4. The number of sulfonamides is 1. The molecule has 2 aromatic heterocycles. The van der Waals surface area contributed by atoms with Crippen molar-refractivity contribution < 1.29 is 27.5 Å². The van der Waals surface area contributed by atoms with Crippen LogP contribution in [-0.2, 0) is 31.0 Å². The van der Waals surface area contributed by atoms with Gasteiger partial charge >= 0.3 is 5.97 Å². The van der Waals surface area contributed by atoms with E-state index in [2.05, 4.69) is 15.3 Å². The fourth-order valence-corrected chi connectivity index (χ4v) is 5.94. The van der Waals surface area contributed by atoms with Gasteiger partial charge in [0.05, 0.1) is 28.9 Å². The molecular formula is C23H30N6O6S2. The summed E-state index contributed by atoms with van der Waals surface area (Å²) in [5.41, 5.74) is 1.05. The van der Waals surface area contributed by atoms with Crippen molar-refractivity contribution in [2.24, 2.45) is 17.0 Å². The molecule has 1 aromatic carbocycles. The van der Waals surface area contributed by atoms with E-state index in [1.54, 1.807) is 40.9 Å². The molecule has 0 bridgehead atoms. The predicted molar refractivity (Wildman–Crippen MR) is 135 cm³/mol. The van der Waals surface area contributed by atoms with Crippen molar-refractivity contribution in [1.29, 1.82) is 0 Å². The van der Waals surface area contributed by atoms with E-state index in [0.717, 1.165) is 11.3 Å². The van der Waals surface area contributed by atoms with Crippen molar-refractivity contribution in [3.63, 3.8) is 0 Å². The Bertz CT molecular complexity index is 1380. The highest BCUT2D eigenvalue weighted by Crippen LogP contribution is 2.29. The largest absolute Gasteiger partial charge is 0.487 e. The monoisotopic (exact) mass is 550 g/mol. The molecule has 3 aromatic rings. The first-order valence-electron chi connectivity index (χ1n) is 12.0. The minimum Gasteiger partial charge on any atom is -0.487 e. The molecule has 200 valence electrons. The number of carbonyl (C=O) groups is 2. The molecular weight excluding hydrogens is 520 g/mol. The number of aromatic nitrogens is 4. The van der Waals surface area contributed by atoms with Crippen LogP contribution in [0.15, 0.2) is 28.7 Å². The normalized spacial score (nSPS) is 15.8. The van der Waals surface area contributed by atoms with Crippen LogP contribution in [0.3, 0.4) is 0 Å². The zero-order chi connectivity index (χ0) is 26.7. The molecule has 0 spiro atoms. The number of amides is 1. The average Bonchev–Trinajstić information content (AvgIpc) is 3.49. The van der Waals surface area contributed by atoms with E-state index in [1.807, 2.05) is 13.8 Å². The fourth-order valence-electron chi connectivity index (χ4n) is 4.25. The van der Waals surface area contributed by atoms with Gasteiger partial charge in [0, 0.05) is 13.1 Å². The van der Waals surface area contributed by atoms with E-state index < -0.39 is 16.1 Å². The van der Waals surface area contributed by atoms with Gasteiger partial charge in [0.2, 0.25) is 10.2 Å². The number of rotatable bonds is 9. The maximum atomic E-state index is 13.4. The summed E-state index contributed by atoms with van der Waals surface area (Å²) in [4.78, 5) is 31.2. The van der Waals surface area contributed by atoms with E-state index in [0.29, 0.717) is 54.2 Å². The second-order valence-corrected chi connectivity index (χ2v) is 11.9. The minimum atomic E-state index is -3.88. The Morgan fingerprint density at radius 3 is 2.62 bits per heavy atom. The molecule has 37 heavy (non-hydrogen) atoms. The lowest BCUT2D eigenvalue weighted by Crippen LogP contribution is -2.45. The second-order valence-electron chi connectivity index (χ2n) is 9.17. The third kappa shape index (κ3) is 6.25. The van der Waals surface area contributed by atoms with Gasteiger partial charge in [-0.05, 0) is 43.9 Å². The molecule has 3 heterocycles. The average molecular weight is 551 g/mol. The zero-order valence-electron chi connectivity index (χ0n) is 20.9. The number of nitrogens with two attached hydrogens (primary N) is 1. The highest BCUT2D eigenvalue weighted by Gasteiger charge is 2.34. The van der Waals surface area contributed by atoms with Gasteiger partial charge in [-0.2, -0.15) is 0 Å². The molecule has 0 aliphatic carbocycles. The number of esters is 1. The van der Waals surface area contributed by atoms with Crippen molar-refractivity contribution in [1.82, 2.24) is 24.9 Å². The van der Waals surface area contributed by atoms with Gasteiger partial charge in [-0.1, -0.05) is 19.1 Å². The molecule has 0 unspecified atom stereocenters. The van der Waals surface area contributed by atoms with Gasteiger partial charge in [0.15, 0.2) is 0 Å². The standard InChI is InChI=1S/C23H30N6O6S2/c1-4-34-22(31)15-7-9-28(10-8-15)21(30)20(14(2)3)29-12-16(26-27-29)13-35-17-5-6-18-19(11-17)36-23(25-18)37(24,32)33/h5-6,11-12,14-15,20H,4,7-10,13H2,1-3H3,(H2,24,32,33)/t20-/m0/s1. The van der Waals surface area contributed by atoms with E-state index in [4.69, 9.17) is 14.6 Å². The molecule has 1 amide bonds. The fraction of sp³-hybridized carbons (Fsp3) is 0.522. The van der Waals surface area contributed by atoms with Crippen LogP contribution in [0.25, 0.3) is 10.2 Å². The summed E-state index contributed by atoms with van der Waals surface area (Å²) in [6.07, 6.45) is 2.85. The molecule has 4 rings (SSSR count). The van der Waals surface area contributed by atoms with Gasteiger partial charge < -0.3 is 14.4 Å². The van der Waals surface area contributed by atoms with Crippen LogP contribution in [0.2, 0.25) is 0 Å². The number of fused-ring (bicyclic) bond motifs is 1. The third-order valence-electron chi connectivity index (χ3n) is 6.12. The van der Waals surface area contributed by atoms with E-state index in [-0.39, 0.29) is 34.7 Å². The second kappa shape index (κ2) is 11.1. The third-order valence-corrected chi connectivity index (χ3v) is 8.46. The molecule has 0 saturated carbocycles. The highest BCUT2D eigenvalue weighted by molar-refractivity contribution is 7.91. The Morgan fingerprint density at radius 2 is 1.97 bits per heavy atom. The first-order chi connectivity index (χ1) is 17.6. The van der Waals surface area contributed by atoms with Crippen LogP contribution >= 0.6 is 11.3 Å². The number of carbonyl (C=O) groups excluding carboxylic acids is 2. The first kappa shape index (κ1) is 26.9. The Kier molecular flexibility index (Phi) is 8.09. The number of piperidine rings is 1. The molecule has 12 nitrogen and oxygen atoms in total. The van der Waals surface area contributed by atoms with Gasteiger partial charge in [-0.25, -0.2) is 23.2 Å². The summed E-state index contributed by atoms with van der Waals surface area (Å²) in [7, 11) is -3.88. The molecule has 2 N–H and O–H groups in total. The number of thiazole rings is 1. The Hall–Kier alpha value is -3.10. The Balaban J connectivity index is 1.40. The summed E-state index contributed by atoms with van der Waals surface area (Å²) >= 11 is 0.968. The van der Waals surface area contributed by atoms with E-state index in [9.17, 15) is 18.0 Å². The number of hydrogen-bond acceptors (Lipinski definition) is 10. The van der Waals surface area contributed by atoms with Crippen molar-refractivity contribution in [3.05, 3.63) is 30.1 Å². The van der Waals surface area contributed by atoms with Gasteiger partial charge in [0.1, 0.15) is 24.1 Å². The number of primary sulfonamides is 1. The first-order valence-corrected chi connectivity index (χ1v) is 14.4. The van der Waals surface area contributed by atoms with Crippen molar-refractivity contribution in [3.8, 4) is 5.75 Å². The van der Waals surface area contributed by atoms with Crippen LogP contribution < -0.4 is 9.88 Å². The lowest BCUT2D eigenvalue weighted by Gasteiger charge is -2.34. The lowest BCUT2D eigenvalue weighted by molar-refractivity contribution is -0.152. The van der Waals surface area contributed by atoms with Crippen molar-refractivity contribution >= 4 is 43.5 Å². The Labute approximate surface area is 218 Å². The zero-order valence-corrected chi connectivity index (χ0v) is 22.5. The van der Waals surface area contributed by atoms with Crippen LogP contribution in [0.5, 0.6) is 5.75 Å². The quantitative estimate of drug-likeness (QED) is 0.394. The summed E-state index contributed by atoms with van der Waals surface area (Å²) < 4.78 is 36.1. The molecule has 1 atom stereocenters. The molecule has 0 radical (unpaired) electrons. The summed E-state index contributed by atoms with van der Waals surface area (Å²) in [6.45, 7) is 7.12. The van der Waals surface area contributed by atoms with Crippen LogP contribution in [0, 0.1) is 11.8 Å². The highest BCUT2D eigenvalue weighted by atomic mass is 32.2. The van der Waals surface area contributed by atoms with Gasteiger partial charge in [-0.15, -0.1) is 16.4 Å². The lowest BCUT2D eigenvalue weighted by atomic mass is 9.95. The van der Waals surface area contributed by atoms with E-state index in [1.165, 1.54) is 0 Å². The number of benzene rings is 1. The van der Waals surface area contributed by atoms with E-state index >= 15 is 0 Å². The molecule has 1 saturated heterocycles. The predicted octanol–water partition coefficient (Wildman–Crippen LogP) is 2.11. The summed E-state index contributed by atoms with van der Waals surface area (Å²) in [6, 6.07) is 4.49. The van der Waals surface area contributed by atoms with Crippen molar-refractivity contribution in [2.45, 2.75) is 50.6 Å². The number of likely N-dealkylation sites (tertiary alicyclic amines) is 1. The van der Waals surface area contributed by atoms with Crippen LogP contribution in [-0.4, -0.2) is 64.9 Å². The number of hydrogen-bond donors (Lipinski definition) is 1. The smallest absolute Gasteiger partial charge is 0.309 e. The Morgan fingerprint density at radius 1 is 1.24 bits per heavy atom. The summed E-state index contributed by atoms with van der Waals surface area (Å²) in [5, 5.41) is 13.5. The minimum absolute atomic E-state index is 0.0347. The number of ether oxygens (including phenoxy) is 2. The summed E-state index contributed by atoms with van der Waals surface area (Å²) in [5.74, 6) is 0.0403. The molecule has 1 fully saturated rings. The van der Waals surface area contributed by atoms with Crippen molar-refractivity contribution in [2.75, 3.05) is 19.7 Å². The molecule has 14 heteroatoms. The van der Waals surface area contributed by atoms with Gasteiger partial charge in [-0.3, -0.25) is 9.59 Å². The SMILES string of the molecule is CCOC(=O)C1CCN(C(=O)[C@H](C(C)C)n2cc(COc3ccc4nc(S(N)(=O)=O)sc4c3)nn2)CC1. The molecule has 1 aliphatic rings. The maximum Gasteiger partial charge on any atom is 0.309 e. The number of nitrogens with zero attached hydrogens (tertiary/aromatic N) is 5. The van der Waals surface area contributed by atoms with Crippen LogP contribution in [0.4, 0.5) is 0 Å².